The topological polar surface area (TPSA) is 50.9 Å². The highest BCUT2D eigenvalue weighted by Gasteiger charge is 2.02. The Bertz CT molecular complexity index is 223. The Hall–Kier alpha value is -0.550. The number of aryl methyl sites for hydroxylation is 1. The number of aliphatic hydroxyl groups is 1. The summed E-state index contributed by atoms with van der Waals surface area (Å²) in [6, 6.07) is 0. The van der Waals surface area contributed by atoms with Gasteiger partial charge in [-0.15, -0.1) is 10.2 Å². The summed E-state index contributed by atoms with van der Waals surface area (Å²) in [4.78, 5) is 0. The summed E-state index contributed by atoms with van der Waals surface area (Å²) in [6.45, 7) is 1.75. The van der Waals surface area contributed by atoms with Crippen molar-refractivity contribution in [2.75, 3.05) is 5.75 Å². The molecule has 5 heteroatoms. The molecule has 11 heavy (non-hydrogen) atoms. The minimum Gasteiger partial charge on any atom is -0.393 e. The molecule has 0 aromatic carbocycles. The average molecular weight is 173 g/mol. The zero-order valence-corrected chi connectivity index (χ0v) is 7.38. The number of thioether (sulfide) groups is 1. The van der Waals surface area contributed by atoms with Gasteiger partial charge in [0.15, 0.2) is 5.16 Å². The Labute approximate surface area is 69.6 Å². The van der Waals surface area contributed by atoms with Crippen molar-refractivity contribution in [1.29, 1.82) is 0 Å². The molecule has 0 aliphatic carbocycles. The van der Waals surface area contributed by atoms with E-state index >= 15 is 0 Å². The van der Waals surface area contributed by atoms with Crippen LogP contribution in [0.1, 0.15) is 6.92 Å². The molecule has 0 amide bonds. The summed E-state index contributed by atoms with van der Waals surface area (Å²) in [7, 11) is 1.88. The van der Waals surface area contributed by atoms with Gasteiger partial charge in [0.1, 0.15) is 6.33 Å². The monoisotopic (exact) mass is 173 g/mol. The van der Waals surface area contributed by atoms with Crippen molar-refractivity contribution in [2.24, 2.45) is 7.05 Å². The zero-order valence-electron chi connectivity index (χ0n) is 6.56. The highest BCUT2D eigenvalue weighted by molar-refractivity contribution is 7.99. The van der Waals surface area contributed by atoms with E-state index in [0.29, 0.717) is 5.75 Å². The maximum atomic E-state index is 8.96. The van der Waals surface area contributed by atoms with Crippen molar-refractivity contribution in [3.8, 4) is 0 Å². The Morgan fingerprint density at radius 3 is 3.00 bits per heavy atom. The van der Waals surface area contributed by atoms with Crippen molar-refractivity contribution in [3.63, 3.8) is 0 Å². The lowest BCUT2D eigenvalue weighted by molar-refractivity contribution is 0.220. The molecule has 62 valence electrons. The molecule has 0 spiro atoms. The lowest BCUT2D eigenvalue weighted by Gasteiger charge is -2.01. The molecule has 1 N–H and O–H groups in total. The number of hydrogen-bond donors (Lipinski definition) is 1. The van der Waals surface area contributed by atoms with Gasteiger partial charge in [-0.1, -0.05) is 11.8 Å². The fourth-order valence-electron chi connectivity index (χ4n) is 0.598. The SMILES string of the molecule is CC(O)CSc1nncn1C. The number of rotatable bonds is 3. The average Bonchev–Trinajstić information content (AvgIpc) is 2.31. The zero-order chi connectivity index (χ0) is 8.27. The van der Waals surface area contributed by atoms with E-state index in [0.717, 1.165) is 5.16 Å². The van der Waals surface area contributed by atoms with E-state index in [4.69, 9.17) is 5.11 Å². The maximum Gasteiger partial charge on any atom is 0.190 e. The van der Waals surface area contributed by atoms with Crippen LogP contribution in [0.3, 0.4) is 0 Å². The Kier molecular flexibility index (Phi) is 2.90. The minimum atomic E-state index is -0.295. The minimum absolute atomic E-state index is 0.295. The first kappa shape index (κ1) is 8.55. The van der Waals surface area contributed by atoms with E-state index in [9.17, 15) is 0 Å². The largest absolute Gasteiger partial charge is 0.393 e. The normalized spacial score (nSPS) is 13.4. The molecule has 1 rings (SSSR count). The molecule has 1 heterocycles. The van der Waals surface area contributed by atoms with E-state index < -0.39 is 0 Å². The van der Waals surface area contributed by atoms with Crippen LogP contribution in [0.5, 0.6) is 0 Å². The predicted molar refractivity (Wildman–Crippen MR) is 43.4 cm³/mol. The van der Waals surface area contributed by atoms with Gasteiger partial charge in [-0.3, -0.25) is 0 Å². The lowest BCUT2D eigenvalue weighted by Crippen LogP contribution is -2.03. The Balaban J connectivity index is 2.44. The van der Waals surface area contributed by atoms with Crippen LogP contribution in [0.2, 0.25) is 0 Å². The summed E-state index contributed by atoms with van der Waals surface area (Å²) in [5.74, 6) is 0.659. The van der Waals surface area contributed by atoms with Crippen LogP contribution < -0.4 is 0 Å². The van der Waals surface area contributed by atoms with Crippen LogP contribution in [0.4, 0.5) is 0 Å². The van der Waals surface area contributed by atoms with Gasteiger partial charge in [0.05, 0.1) is 6.10 Å². The molecule has 0 bridgehead atoms. The van der Waals surface area contributed by atoms with Crippen molar-refractivity contribution in [3.05, 3.63) is 6.33 Å². The molecule has 0 aliphatic rings. The highest BCUT2D eigenvalue weighted by atomic mass is 32.2. The first-order valence-corrected chi connectivity index (χ1v) is 4.33. The van der Waals surface area contributed by atoms with E-state index in [1.807, 2.05) is 11.6 Å². The van der Waals surface area contributed by atoms with Crippen LogP contribution >= 0.6 is 11.8 Å². The van der Waals surface area contributed by atoms with Gasteiger partial charge in [0.25, 0.3) is 0 Å². The predicted octanol–water partition coefficient (Wildman–Crippen LogP) is 0.288. The molecule has 1 aromatic rings. The van der Waals surface area contributed by atoms with E-state index in [2.05, 4.69) is 10.2 Å². The van der Waals surface area contributed by atoms with E-state index in [1.54, 1.807) is 13.3 Å². The summed E-state index contributed by atoms with van der Waals surface area (Å²) in [5, 5.41) is 17.4. The van der Waals surface area contributed by atoms with Gasteiger partial charge in [-0.05, 0) is 6.92 Å². The second-order valence-electron chi connectivity index (χ2n) is 2.38. The molecule has 1 unspecified atom stereocenters. The number of hydrogen-bond acceptors (Lipinski definition) is 4. The second-order valence-corrected chi connectivity index (χ2v) is 3.37. The van der Waals surface area contributed by atoms with Crippen LogP contribution in [0.25, 0.3) is 0 Å². The number of nitrogens with zero attached hydrogens (tertiary/aromatic N) is 3. The van der Waals surface area contributed by atoms with Gasteiger partial charge >= 0.3 is 0 Å². The summed E-state index contributed by atoms with van der Waals surface area (Å²) in [5.41, 5.74) is 0. The van der Waals surface area contributed by atoms with Crippen LogP contribution in [0.15, 0.2) is 11.5 Å². The lowest BCUT2D eigenvalue weighted by atomic mass is 10.5. The maximum absolute atomic E-state index is 8.96. The quantitative estimate of drug-likeness (QED) is 0.667. The molecule has 0 saturated carbocycles. The van der Waals surface area contributed by atoms with Gasteiger partial charge < -0.3 is 9.67 Å². The second kappa shape index (κ2) is 3.73. The molecule has 0 saturated heterocycles. The van der Waals surface area contributed by atoms with Crippen molar-refractivity contribution >= 4 is 11.8 Å². The Morgan fingerprint density at radius 1 is 1.82 bits per heavy atom. The standard InChI is InChI=1S/C6H11N3OS/c1-5(10)3-11-6-8-7-4-9(6)2/h4-5,10H,3H2,1-2H3. The summed E-state index contributed by atoms with van der Waals surface area (Å²) in [6.07, 6.45) is 1.35. The number of aliphatic hydroxyl groups excluding tert-OH is 1. The molecular weight excluding hydrogens is 162 g/mol. The molecular formula is C6H11N3OS. The summed E-state index contributed by atoms with van der Waals surface area (Å²) < 4.78 is 1.83. The molecule has 4 nitrogen and oxygen atoms in total. The van der Waals surface area contributed by atoms with Crippen molar-refractivity contribution < 1.29 is 5.11 Å². The highest BCUT2D eigenvalue weighted by Crippen LogP contribution is 2.13. The van der Waals surface area contributed by atoms with Gasteiger partial charge in [0, 0.05) is 12.8 Å². The summed E-state index contributed by atoms with van der Waals surface area (Å²) >= 11 is 1.50. The van der Waals surface area contributed by atoms with E-state index in [-0.39, 0.29) is 6.10 Å². The van der Waals surface area contributed by atoms with Gasteiger partial charge in [0.2, 0.25) is 0 Å². The Morgan fingerprint density at radius 2 is 2.55 bits per heavy atom. The first-order chi connectivity index (χ1) is 5.20. The van der Waals surface area contributed by atoms with Crippen LogP contribution in [-0.2, 0) is 7.05 Å². The molecule has 0 fully saturated rings. The molecule has 1 aromatic heterocycles. The van der Waals surface area contributed by atoms with Gasteiger partial charge in [-0.2, -0.15) is 0 Å². The molecule has 0 aliphatic heterocycles. The third kappa shape index (κ3) is 2.51. The van der Waals surface area contributed by atoms with Crippen LogP contribution in [0, 0.1) is 0 Å². The van der Waals surface area contributed by atoms with Gasteiger partial charge in [-0.25, -0.2) is 0 Å². The van der Waals surface area contributed by atoms with E-state index in [1.165, 1.54) is 11.8 Å². The van der Waals surface area contributed by atoms with Crippen molar-refractivity contribution in [2.45, 2.75) is 18.2 Å². The smallest absolute Gasteiger partial charge is 0.190 e. The fourth-order valence-corrected chi connectivity index (χ4v) is 1.34. The fraction of sp³-hybridized carbons (Fsp3) is 0.667. The third-order valence-corrected chi connectivity index (χ3v) is 2.40. The molecule has 0 radical (unpaired) electrons. The third-order valence-electron chi connectivity index (χ3n) is 1.12. The number of aromatic nitrogens is 3. The van der Waals surface area contributed by atoms with Crippen LogP contribution in [-0.4, -0.2) is 31.7 Å². The molecule has 1 atom stereocenters. The first-order valence-electron chi connectivity index (χ1n) is 3.35. The van der Waals surface area contributed by atoms with Crippen molar-refractivity contribution in [1.82, 2.24) is 14.8 Å².